The van der Waals surface area contributed by atoms with Gasteiger partial charge in [0, 0.05) is 6.42 Å². The lowest BCUT2D eigenvalue weighted by atomic mass is 10.1. The molecule has 2 unspecified atom stereocenters. The van der Waals surface area contributed by atoms with Crippen LogP contribution in [-0.2, 0) is 19.6 Å². The van der Waals surface area contributed by atoms with Crippen LogP contribution in [0.3, 0.4) is 0 Å². The molecule has 7 heteroatoms. The van der Waals surface area contributed by atoms with Crippen LogP contribution in [0.1, 0.15) is 31.4 Å². The second-order valence-corrected chi connectivity index (χ2v) is 7.01. The number of rotatable bonds is 4. The van der Waals surface area contributed by atoms with Crippen molar-refractivity contribution in [3.05, 3.63) is 35.9 Å². The highest BCUT2D eigenvalue weighted by Crippen LogP contribution is 2.23. The molecule has 2 atom stereocenters. The largest absolute Gasteiger partial charge is 0.348 e. The van der Waals surface area contributed by atoms with Crippen LogP contribution in [0.15, 0.2) is 30.3 Å². The van der Waals surface area contributed by atoms with Gasteiger partial charge in [0.05, 0.1) is 12.3 Å². The van der Waals surface area contributed by atoms with Crippen molar-refractivity contribution in [1.82, 2.24) is 9.62 Å². The summed E-state index contributed by atoms with van der Waals surface area (Å²) in [5.41, 5.74) is 0.918. The topological polar surface area (TPSA) is 83.6 Å². The predicted octanol–water partition coefficient (Wildman–Crippen LogP) is 0.814. The molecule has 0 radical (unpaired) electrons. The van der Waals surface area contributed by atoms with Gasteiger partial charge in [0.25, 0.3) is 0 Å². The zero-order valence-electron chi connectivity index (χ0n) is 11.9. The minimum Gasteiger partial charge on any atom is -0.348 e. The smallest absolute Gasteiger partial charge is 0.244 e. The Morgan fingerprint density at radius 2 is 1.95 bits per heavy atom. The Hall–Kier alpha value is -1.89. The number of hydrogen-bond donors (Lipinski definition) is 1. The number of hydrogen-bond acceptors (Lipinski definition) is 4. The quantitative estimate of drug-likeness (QED) is 0.892. The predicted molar refractivity (Wildman–Crippen MR) is 77.7 cm³/mol. The lowest BCUT2D eigenvalue weighted by Crippen LogP contribution is -2.47. The highest BCUT2D eigenvalue weighted by molar-refractivity contribution is 7.89. The number of sulfonamides is 1. The summed E-state index contributed by atoms with van der Waals surface area (Å²) in [6, 6.07) is 8.14. The Morgan fingerprint density at radius 3 is 2.52 bits per heavy atom. The molecule has 0 aliphatic carbocycles. The van der Waals surface area contributed by atoms with Gasteiger partial charge < -0.3 is 5.32 Å². The van der Waals surface area contributed by atoms with Crippen molar-refractivity contribution in [3.8, 4) is 0 Å². The first-order valence-electron chi connectivity index (χ1n) is 6.68. The third-order valence-corrected chi connectivity index (χ3v) is 4.65. The molecule has 21 heavy (non-hydrogen) atoms. The summed E-state index contributed by atoms with van der Waals surface area (Å²) < 4.78 is 24.0. The van der Waals surface area contributed by atoms with Crippen LogP contribution in [0.5, 0.6) is 0 Å². The highest BCUT2D eigenvalue weighted by Gasteiger charge is 2.41. The second kappa shape index (κ2) is 5.85. The van der Waals surface area contributed by atoms with Gasteiger partial charge in [0.1, 0.15) is 6.04 Å². The van der Waals surface area contributed by atoms with Crippen LogP contribution in [0.4, 0.5) is 0 Å². The molecular weight excluding hydrogens is 292 g/mol. The van der Waals surface area contributed by atoms with Crippen molar-refractivity contribution in [1.29, 1.82) is 0 Å². The maximum Gasteiger partial charge on any atom is 0.244 e. The van der Waals surface area contributed by atoms with E-state index in [-0.39, 0.29) is 18.9 Å². The number of carbonyl (C=O) groups is 2. The lowest BCUT2D eigenvalue weighted by molar-refractivity contribution is -0.131. The summed E-state index contributed by atoms with van der Waals surface area (Å²) in [6.07, 6.45) is 1.24. The van der Waals surface area contributed by atoms with E-state index >= 15 is 0 Å². The standard InChI is InChI=1S/C14H18N2O4S/c1-10(11-6-4-3-5-7-11)15-14(18)12-8-9-13(17)16(12)21(2,19)20/h3-7,10,12H,8-9H2,1-2H3,(H,15,18). The molecule has 0 spiro atoms. The number of carbonyl (C=O) groups excluding carboxylic acids is 2. The van der Waals surface area contributed by atoms with Gasteiger partial charge in [-0.3, -0.25) is 9.59 Å². The molecule has 1 aliphatic heterocycles. The fourth-order valence-corrected chi connectivity index (χ4v) is 3.57. The molecule has 1 N–H and O–H groups in total. The van der Waals surface area contributed by atoms with E-state index in [4.69, 9.17) is 0 Å². The molecule has 1 aliphatic rings. The van der Waals surface area contributed by atoms with Gasteiger partial charge in [0.15, 0.2) is 0 Å². The van der Waals surface area contributed by atoms with Crippen LogP contribution >= 0.6 is 0 Å². The molecule has 2 rings (SSSR count). The molecule has 6 nitrogen and oxygen atoms in total. The Morgan fingerprint density at radius 1 is 1.33 bits per heavy atom. The number of nitrogens with zero attached hydrogens (tertiary/aromatic N) is 1. The van der Waals surface area contributed by atoms with Gasteiger partial charge in [0.2, 0.25) is 21.8 Å². The van der Waals surface area contributed by atoms with E-state index in [2.05, 4.69) is 5.32 Å². The van der Waals surface area contributed by atoms with Crippen LogP contribution in [0, 0.1) is 0 Å². The number of benzene rings is 1. The molecule has 1 aromatic rings. The Balaban J connectivity index is 2.12. The monoisotopic (exact) mass is 310 g/mol. The Labute approximate surface area is 124 Å². The average Bonchev–Trinajstić information content (AvgIpc) is 2.81. The minimum atomic E-state index is -3.72. The van der Waals surface area contributed by atoms with E-state index in [0.717, 1.165) is 11.8 Å². The first kappa shape index (κ1) is 15.5. The van der Waals surface area contributed by atoms with Crippen LogP contribution in [0.25, 0.3) is 0 Å². The SMILES string of the molecule is CC(NC(=O)C1CCC(=O)N1S(C)(=O)=O)c1ccccc1. The second-order valence-electron chi connectivity index (χ2n) is 5.15. The summed E-state index contributed by atoms with van der Waals surface area (Å²) in [4.78, 5) is 23.9. The van der Waals surface area contributed by atoms with Crippen molar-refractivity contribution in [2.45, 2.75) is 31.8 Å². The fraction of sp³-hybridized carbons (Fsp3) is 0.429. The summed E-state index contributed by atoms with van der Waals surface area (Å²) in [5.74, 6) is -0.965. The van der Waals surface area contributed by atoms with Gasteiger partial charge in [-0.05, 0) is 18.9 Å². The Kier molecular flexibility index (Phi) is 4.32. The third kappa shape index (κ3) is 3.41. The normalized spacial score (nSPS) is 20.4. The molecule has 2 amide bonds. The minimum absolute atomic E-state index is 0.0743. The number of nitrogens with one attached hydrogen (secondary N) is 1. The maximum atomic E-state index is 12.3. The van der Waals surface area contributed by atoms with E-state index in [0.29, 0.717) is 4.31 Å². The van der Waals surface area contributed by atoms with Gasteiger partial charge in [-0.25, -0.2) is 12.7 Å². The first-order chi connectivity index (χ1) is 9.80. The molecule has 1 heterocycles. The molecule has 0 saturated carbocycles. The van der Waals surface area contributed by atoms with Crippen molar-refractivity contribution < 1.29 is 18.0 Å². The van der Waals surface area contributed by atoms with Gasteiger partial charge in [-0.2, -0.15) is 0 Å². The van der Waals surface area contributed by atoms with Gasteiger partial charge in [-0.1, -0.05) is 30.3 Å². The average molecular weight is 310 g/mol. The molecule has 1 fully saturated rings. The van der Waals surface area contributed by atoms with Crippen molar-refractivity contribution in [3.63, 3.8) is 0 Å². The van der Waals surface area contributed by atoms with Crippen LogP contribution in [0.2, 0.25) is 0 Å². The summed E-state index contributed by atoms with van der Waals surface area (Å²) in [6.45, 7) is 1.81. The van der Waals surface area contributed by atoms with E-state index in [9.17, 15) is 18.0 Å². The molecular formula is C14H18N2O4S. The first-order valence-corrected chi connectivity index (χ1v) is 8.53. The molecule has 0 bridgehead atoms. The third-order valence-electron chi connectivity index (χ3n) is 3.48. The maximum absolute atomic E-state index is 12.3. The highest BCUT2D eigenvalue weighted by atomic mass is 32.2. The zero-order valence-corrected chi connectivity index (χ0v) is 12.8. The summed E-state index contributed by atoms with van der Waals surface area (Å²) >= 11 is 0. The van der Waals surface area contributed by atoms with Crippen molar-refractivity contribution in [2.24, 2.45) is 0 Å². The van der Waals surface area contributed by atoms with E-state index in [1.165, 1.54) is 0 Å². The summed E-state index contributed by atoms with van der Waals surface area (Å²) in [7, 11) is -3.72. The summed E-state index contributed by atoms with van der Waals surface area (Å²) in [5, 5.41) is 2.76. The lowest BCUT2D eigenvalue weighted by Gasteiger charge is -2.23. The Bertz CT molecular complexity index is 642. The molecule has 1 saturated heterocycles. The fourth-order valence-electron chi connectivity index (χ4n) is 2.45. The van der Waals surface area contributed by atoms with Gasteiger partial charge >= 0.3 is 0 Å². The van der Waals surface area contributed by atoms with Gasteiger partial charge in [-0.15, -0.1) is 0 Å². The number of amides is 2. The van der Waals surface area contributed by atoms with Crippen molar-refractivity contribution >= 4 is 21.8 Å². The molecule has 114 valence electrons. The van der Waals surface area contributed by atoms with Crippen LogP contribution < -0.4 is 5.32 Å². The zero-order chi connectivity index (χ0) is 15.6. The van der Waals surface area contributed by atoms with E-state index in [1.807, 2.05) is 37.3 Å². The molecule has 1 aromatic carbocycles. The molecule has 0 aromatic heterocycles. The van der Waals surface area contributed by atoms with Crippen LogP contribution in [-0.4, -0.2) is 36.8 Å². The van der Waals surface area contributed by atoms with E-state index in [1.54, 1.807) is 0 Å². The van der Waals surface area contributed by atoms with E-state index < -0.39 is 27.9 Å². The van der Waals surface area contributed by atoms with Crippen molar-refractivity contribution in [2.75, 3.05) is 6.26 Å².